The topological polar surface area (TPSA) is 73.2 Å². The third-order valence-corrected chi connectivity index (χ3v) is 4.33. The third-order valence-electron chi connectivity index (χ3n) is 4.33. The largest absolute Gasteiger partial charge is 0.411 e. The smallest absolute Gasteiger partial charge is 0.336 e. The number of hydrogen-bond donors (Lipinski definition) is 1. The minimum atomic E-state index is -0.581. The molecule has 1 aliphatic rings. The molecule has 6 nitrogen and oxygen atoms in total. The second kappa shape index (κ2) is 7.23. The third kappa shape index (κ3) is 3.21. The molecule has 1 fully saturated rings. The van der Waals surface area contributed by atoms with Crippen LogP contribution in [-0.4, -0.2) is 33.8 Å². The van der Waals surface area contributed by atoms with Crippen LogP contribution in [0.15, 0.2) is 66.0 Å². The highest BCUT2D eigenvalue weighted by atomic mass is 16.4. The van der Waals surface area contributed by atoms with Gasteiger partial charge in [0.1, 0.15) is 6.04 Å². The second-order valence-electron chi connectivity index (χ2n) is 6.00. The van der Waals surface area contributed by atoms with E-state index in [9.17, 15) is 9.59 Å². The molecule has 2 aromatic rings. The maximum absolute atomic E-state index is 12.7. The summed E-state index contributed by atoms with van der Waals surface area (Å²) in [5.74, 6) is -0.284. The molecule has 1 saturated heterocycles. The zero-order valence-corrected chi connectivity index (χ0v) is 14.5. The number of carbonyl (C=O) groups excluding carboxylic acids is 2. The first kappa shape index (κ1) is 17.4. The van der Waals surface area contributed by atoms with Crippen LogP contribution >= 0.6 is 0 Å². The highest BCUT2D eigenvalue weighted by Crippen LogP contribution is 2.26. The molecule has 132 valence electrons. The van der Waals surface area contributed by atoms with E-state index in [2.05, 4.69) is 5.16 Å². The molecule has 0 aromatic heterocycles. The number of anilines is 1. The fourth-order valence-electron chi connectivity index (χ4n) is 2.75. The van der Waals surface area contributed by atoms with Crippen molar-refractivity contribution in [2.45, 2.75) is 19.9 Å². The maximum Gasteiger partial charge on any atom is 0.336 e. The second-order valence-corrected chi connectivity index (χ2v) is 6.00. The lowest BCUT2D eigenvalue weighted by Gasteiger charge is -2.15. The molecular formula is C20H19N3O3. The highest BCUT2D eigenvalue weighted by Gasteiger charge is 2.42. The molecule has 0 saturated carbocycles. The molecule has 1 atom stereocenters. The van der Waals surface area contributed by atoms with Gasteiger partial charge < -0.3 is 5.21 Å². The first-order valence-corrected chi connectivity index (χ1v) is 8.21. The Morgan fingerprint density at radius 3 is 2.35 bits per heavy atom. The summed E-state index contributed by atoms with van der Waals surface area (Å²) >= 11 is 0. The average molecular weight is 349 g/mol. The van der Waals surface area contributed by atoms with Gasteiger partial charge in [-0.3, -0.25) is 9.69 Å². The molecule has 0 radical (unpaired) electrons. The van der Waals surface area contributed by atoms with Crippen molar-refractivity contribution in [3.8, 4) is 0 Å². The van der Waals surface area contributed by atoms with Gasteiger partial charge in [0.2, 0.25) is 0 Å². The fourth-order valence-corrected chi connectivity index (χ4v) is 2.75. The van der Waals surface area contributed by atoms with E-state index >= 15 is 0 Å². The Morgan fingerprint density at radius 2 is 1.73 bits per heavy atom. The summed E-state index contributed by atoms with van der Waals surface area (Å²) in [6.07, 6.45) is 3.44. The van der Waals surface area contributed by atoms with Crippen molar-refractivity contribution in [1.82, 2.24) is 4.90 Å². The quantitative estimate of drug-likeness (QED) is 0.396. The molecule has 1 aliphatic heterocycles. The molecule has 6 heteroatoms. The molecule has 1 heterocycles. The predicted octanol–water partition coefficient (Wildman–Crippen LogP) is 3.71. The maximum atomic E-state index is 12.7. The summed E-state index contributed by atoms with van der Waals surface area (Å²) in [6, 6.07) is 15.3. The van der Waals surface area contributed by atoms with E-state index in [0.29, 0.717) is 17.0 Å². The predicted molar refractivity (Wildman–Crippen MR) is 100 cm³/mol. The summed E-state index contributed by atoms with van der Waals surface area (Å²) in [4.78, 5) is 27.9. The standard InChI is InChI=1S/C20H19N3O3/c1-14(21-26)17-8-10-18(11-9-17)23-19(24)15(2)22(20(23)25)13-12-16-6-4-3-5-7-16/h3-13,15,26H,1-2H3. The molecule has 0 spiro atoms. The van der Waals surface area contributed by atoms with E-state index < -0.39 is 12.1 Å². The zero-order chi connectivity index (χ0) is 18.7. The van der Waals surface area contributed by atoms with Gasteiger partial charge in [-0.2, -0.15) is 0 Å². The number of oxime groups is 1. The van der Waals surface area contributed by atoms with Crippen molar-refractivity contribution in [2.24, 2.45) is 5.16 Å². The van der Waals surface area contributed by atoms with E-state index in [0.717, 1.165) is 10.5 Å². The summed E-state index contributed by atoms with van der Waals surface area (Å²) in [7, 11) is 0. The Kier molecular flexibility index (Phi) is 4.84. The van der Waals surface area contributed by atoms with Crippen LogP contribution in [0.2, 0.25) is 0 Å². The van der Waals surface area contributed by atoms with Gasteiger partial charge in [-0.05, 0) is 43.2 Å². The van der Waals surface area contributed by atoms with Gasteiger partial charge in [-0.25, -0.2) is 9.69 Å². The molecule has 3 amide bonds. The lowest BCUT2D eigenvalue weighted by molar-refractivity contribution is -0.118. The summed E-state index contributed by atoms with van der Waals surface area (Å²) in [6.45, 7) is 3.37. The average Bonchev–Trinajstić information content (AvgIpc) is 2.89. The molecule has 0 bridgehead atoms. The fraction of sp³-hybridized carbons (Fsp3) is 0.150. The van der Waals surface area contributed by atoms with Gasteiger partial charge in [0, 0.05) is 6.20 Å². The van der Waals surface area contributed by atoms with Crippen LogP contribution in [0.5, 0.6) is 0 Å². The number of hydrogen-bond acceptors (Lipinski definition) is 4. The normalized spacial score (nSPS) is 18.2. The van der Waals surface area contributed by atoms with Crippen molar-refractivity contribution >= 4 is 29.4 Å². The number of carbonyl (C=O) groups is 2. The van der Waals surface area contributed by atoms with E-state index in [4.69, 9.17) is 5.21 Å². The number of imide groups is 1. The van der Waals surface area contributed by atoms with Crippen molar-refractivity contribution in [3.05, 3.63) is 71.9 Å². The summed E-state index contributed by atoms with van der Waals surface area (Å²) in [5, 5.41) is 12.0. The first-order chi connectivity index (χ1) is 12.5. The van der Waals surface area contributed by atoms with E-state index in [-0.39, 0.29) is 5.91 Å². The van der Waals surface area contributed by atoms with Crippen LogP contribution in [0.3, 0.4) is 0 Å². The molecular weight excluding hydrogens is 330 g/mol. The van der Waals surface area contributed by atoms with Crippen molar-refractivity contribution in [3.63, 3.8) is 0 Å². The number of rotatable bonds is 4. The van der Waals surface area contributed by atoms with Gasteiger partial charge in [0.25, 0.3) is 5.91 Å². The van der Waals surface area contributed by atoms with Gasteiger partial charge in [0.05, 0.1) is 11.4 Å². The van der Waals surface area contributed by atoms with Gasteiger partial charge in [-0.1, -0.05) is 47.6 Å². The number of urea groups is 1. The number of nitrogens with zero attached hydrogens (tertiary/aromatic N) is 3. The monoisotopic (exact) mass is 349 g/mol. The minimum Gasteiger partial charge on any atom is -0.411 e. The molecule has 26 heavy (non-hydrogen) atoms. The van der Waals surface area contributed by atoms with Crippen LogP contribution in [0.4, 0.5) is 10.5 Å². The van der Waals surface area contributed by atoms with Crippen LogP contribution in [0.25, 0.3) is 6.08 Å². The Balaban J connectivity index is 1.84. The van der Waals surface area contributed by atoms with Crippen LogP contribution in [0.1, 0.15) is 25.0 Å². The highest BCUT2D eigenvalue weighted by molar-refractivity contribution is 6.21. The Hall–Kier alpha value is -3.41. The van der Waals surface area contributed by atoms with E-state index in [1.165, 1.54) is 4.90 Å². The van der Waals surface area contributed by atoms with E-state index in [1.54, 1.807) is 50.4 Å². The first-order valence-electron chi connectivity index (χ1n) is 8.21. The summed E-state index contributed by atoms with van der Waals surface area (Å²) in [5.41, 5.74) is 2.60. The van der Waals surface area contributed by atoms with Gasteiger partial charge in [-0.15, -0.1) is 0 Å². The van der Waals surface area contributed by atoms with Crippen molar-refractivity contribution in [2.75, 3.05) is 4.90 Å². The van der Waals surface area contributed by atoms with Crippen LogP contribution < -0.4 is 4.90 Å². The van der Waals surface area contributed by atoms with Gasteiger partial charge in [0.15, 0.2) is 0 Å². The van der Waals surface area contributed by atoms with Crippen LogP contribution in [-0.2, 0) is 4.79 Å². The Morgan fingerprint density at radius 1 is 1.08 bits per heavy atom. The zero-order valence-electron chi connectivity index (χ0n) is 14.5. The molecule has 1 N–H and O–H groups in total. The lowest BCUT2D eigenvalue weighted by atomic mass is 10.1. The number of amides is 3. The molecule has 0 aliphatic carbocycles. The molecule has 3 rings (SSSR count). The van der Waals surface area contributed by atoms with Crippen LogP contribution in [0, 0.1) is 0 Å². The minimum absolute atomic E-state index is 0.284. The van der Waals surface area contributed by atoms with E-state index in [1.807, 2.05) is 30.3 Å². The molecule has 1 unspecified atom stereocenters. The van der Waals surface area contributed by atoms with Gasteiger partial charge >= 0.3 is 6.03 Å². The number of benzene rings is 2. The lowest BCUT2D eigenvalue weighted by Crippen LogP contribution is -2.31. The Bertz CT molecular complexity index is 873. The van der Waals surface area contributed by atoms with Crippen molar-refractivity contribution in [1.29, 1.82) is 0 Å². The Labute approximate surface area is 151 Å². The SMILES string of the molecule is CC(=NO)c1ccc(N2C(=O)C(C)N(C=Cc3ccccc3)C2=O)cc1. The molecule has 2 aromatic carbocycles. The summed E-state index contributed by atoms with van der Waals surface area (Å²) < 4.78 is 0. The van der Waals surface area contributed by atoms with Crippen molar-refractivity contribution < 1.29 is 14.8 Å².